The Balaban J connectivity index is 1.93. The van der Waals surface area contributed by atoms with Crippen molar-refractivity contribution in [3.63, 3.8) is 0 Å². The van der Waals surface area contributed by atoms with Gasteiger partial charge in [0.15, 0.2) is 0 Å². The molecule has 1 aliphatic carbocycles. The molecule has 0 aromatic heterocycles. The van der Waals surface area contributed by atoms with Crippen LogP contribution in [0.4, 0.5) is 8.78 Å². The van der Waals surface area contributed by atoms with Crippen LogP contribution in [0, 0.1) is 17.6 Å². The molecule has 98 valence electrons. The van der Waals surface area contributed by atoms with Crippen molar-refractivity contribution in [3.05, 3.63) is 35.4 Å². The molecule has 0 spiro atoms. The summed E-state index contributed by atoms with van der Waals surface area (Å²) >= 11 is 0. The van der Waals surface area contributed by atoms with Gasteiger partial charge in [-0.2, -0.15) is 0 Å². The highest BCUT2D eigenvalue weighted by Gasteiger charge is 2.39. The highest BCUT2D eigenvalue weighted by molar-refractivity contribution is 5.25. The van der Waals surface area contributed by atoms with Crippen LogP contribution < -0.4 is 5.32 Å². The predicted molar refractivity (Wildman–Crippen MR) is 66.3 cm³/mol. The molecule has 0 amide bonds. The lowest BCUT2D eigenvalue weighted by Crippen LogP contribution is -2.46. The Kier molecular flexibility index (Phi) is 3.31. The summed E-state index contributed by atoms with van der Waals surface area (Å²) in [5.74, 6) is -0.370. The summed E-state index contributed by atoms with van der Waals surface area (Å²) in [6.07, 6.45) is 2.17. The van der Waals surface area contributed by atoms with E-state index in [2.05, 4.69) is 10.2 Å². The van der Waals surface area contributed by atoms with Crippen LogP contribution in [0.1, 0.15) is 24.4 Å². The Labute approximate surface area is 106 Å². The topological polar surface area (TPSA) is 15.3 Å². The molecular formula is C14H18F2N2. The standard InChI is InChI=1S/C14H18F2N2/c15-11-2-1-3-12(16)13(11)14(10-4-5-10)18-8-6-17-7-9-18/h1-3,10,14,17H,4-9H2/t14-/m1/s1. The summed E-state index contributed by atoms with van der Waals surface area (Å²) in [5, 5.41) is 3.28. The van der Waals surface area contributed by atoms with Crippen molar-refractivity contribution in [1.82, 2.24) is 10.2 Å². The smallest absolute Gasteiger partial charge is 0.130 e. The summed E-state index contributed by atoms with van der Waals surface area (Å²) < 4.78 is 27.9. The molecule has 3 rings (SSSR count). The van der Waals surface area contributed by atoms with Crippen LogP contribution in [0.15, 0.2) is 18.2 Å². The van der Waals surface area contributed by atoms with Crippen LogP contribution in [0.25, 0.3) is 0 Å². The van der Waals surface area contributed by atoms with Gasteiger partial charge in [-0.3, -0.25) is 4.90 Å². The van der Waals surface area contributed by atoms with Gasteiger partial charge in [0.1, 0.15) is 11.6 Å². The number of rotatable bonds is 3. The van der Waals surface area contributed by atoms with Crippen LogP contribution in [0.3, 0.4) is 0 Å². The maximum atomic E-state index is 14.0. The minimum absolute atomic E-state index is 0.0756. The van der Waals surface area contributed by atoms with Gasteiger partial charge >= 0.3 is 0 Å². The van der Waals surface area contributed by atoms with E-state index in [1.165, 1.54) is 18.2 Å². The SMILES string of the molecule is Fc1cccc(F)c1[C@@H](C1CC1)N1CCNCC1. The highest BCUT2D eigenvalue weighted by atomic mass is 19.1. The largest absolute Gasteiger partial charge is 0.314 e. The van der Waals surface area contributed by atoms with E-state index in [4.69, 9.17) is 0 Å². The molecule has 2 fully saturated rings. The van der Waals surface area contributed by atoms with Crippen molar-refractivity contribution in [2.24, 2.45) is 5.92 Å². The highest BCUT2D eigenvalue weighted by Crippen LogP contribution is 2.45. The third-order valence-electron chi connectivity index (χ3n) is 3.91. The molecule has 1 aromatic carbocycles. The van der Waals surface area contributed by atoms with Crippen molar-refractivity contribution < 1.29 is 8.78 Å². The summed E-state index contributed by atoms with van der Waals surface area (Å²) in [6.45, 7) is 3.54. The van der Waals surface area contributed by atoms with E-state index in [0.717, 1.165) is 39.0 Å². The van der Waals surface area contributed by atoms with E-state index in [0.29, 0.717) is 5.92 Å². The first kappa shape index (κ1) is 12.1. The molecule has 1 atom stereocenters. The number of piperazine rings is 1. The van der Waals surface area contributed by atoms with Crippen molar-refractivity contribution in [1.29, 1.82) is 0 Å². The fraction of sp³-hybridized carbons (Fsp3) is 0.571. The fourth-order valence-corrected chi connectivity index (χ4v) is 2.88. The third-order valence-corrected chi connectivity index (χ3v) is 3.91. The number of hydrogen-bond acceptors (Lipinski definition) is 2. The molecule has 0 unspecified atom stereocenters. The summed E-state index contributed by atoms with van der Waals surface area (Å²) in [5.41, 5.74) is 0.280. The third kappa shape index (κ3) is 2.27. The van der Waals surface area contributed by atoms with Gasteiger partial charge in [0.25, 0.3) is 0 Å². The number of benzene rings is 1. The van der Waals surface area contributed by atoms with Gasteiger partial charge < -0.3 is 5.32 Å². The maximum absolute atomic E-state index is 14.0. The molecule has 1 aliphatic heterocycles. The van der Waals surface area contributed by atoms with Crippen LogP contribution in [0.2, 0.25) is 0 Å². The first-order valence-corrected chi connectivity index (χ1v) is 6.66. The van der Waals surface area contributed by atoms with E-state index in [-0.39, 0.29) is 11.6 Å². The Morgan fingerprint density at radius 3 is 2.28 bits per heavy atom. The van der Waals surface area contributed by atoms with Crippen molar-refractivity contribution in [2.45, 2.75) is 18.9 Å². The molecule has 0 radical (unpaired) electrons. The number of nitrogens with zero attached hydrogens (tertiary/aromatic N) is 1. The van der Waals surface area contributed by atoms with Gasteiger partial charge in [-0.25, -0.2) is 8.78 Å². The van der Waals surface area contributed by atoms with E-state index in [1.807, 2.05) is 0 Å². The summed E-state index contributed by atoms with van der Waals surface area (Å²) in [7, 11) is 0. The molecule has 18 heavy (non-hydrogen) atoms. The summed E-state index contributed by atoms with van der Waals surface area (Å²) in [4.78, 5) is 2.23. The van der Waals surface area contributed by atoms with Gasteiger partial charge in [-0.1, -0.05) is 6.07 Å². The Hall–Kier alpha value is -1.00. The maximum Gasteiger partial charge on any atom is 0.130 e. The predicted octanol–water partition coefficient (Wildman–Crippen LogP) is 2.32. The second-order valence-electron chi connectivity index (χ2n) is 5.20. The first-order chi connectivity index (χ1) is 8.77. The molecule has 2 aliphatic rings. The zero-order chi connectivity index (χ0) is 12.5. The van der Waals surface area contributed by atoms with Crippen molar-refractivity contribution in [3.8, 4) is 0 Å². The lowest BCUT2D eigenvalue weighted by atomic mass is 9.98. The molecule has 1 saturated heterocycles. The lowest BCUT2D eigenvalue weighted by molar-refractivity contribution is 0.149. The van der Waals surface area contributed by atoms with Crippen LogP contribution in [-0.4, -0.2) is 31.1 Å². The molecule has 4 heteroatoms. The van der Waals surface area contributed by atoms with Gasteiger partial charge in [0, 0.05) is 37.8 Å². The van der Waals surface area contributed by atoms with Crippen LogP contribution in [-0.2, 0) is 0 Å². The lowest BCUT2D eigenvalue weighted by Gasteiger charge is -2.35. The number of hydrogen-bond donors (Lipinski definition) is 1. The van der Waals surface area contributed by atoms with Gasteiger partial charge in [-0.05, 0) is 30.9 Å². The minimum Gasteiger partial charge on any atom is -0.314 e. The molecule has 2 nitrogen and oxygen atoms in total. The number of halogens is 2. The van der Waals surface area contributed by atoms with Crippen molar-refractivity contribution >= 4 is 0 Å². The molecule has 0 bridgehead atoms. The molecule has 1 saturated carbocycles. The number of nitrogens with one attached hydrogen (secondary N) is 1. The van der Waals surface area contributed by atoms with Crippen molar-refractivity contribution in [2.75, 3.05) is 26.2 Å². The van der Waals surface area contributed by atoms with Crippen LogP contribution >= 0.6 is 0 Å². The second-order valence-corrected chi connectivity index (χ2v) is 5.20. The average Bonchev–Trinajstić information content (AvgIpc) is 3.19. The molecule has 1 N–H and O–H groups in total. The normalized spacial score (nSPS) is 23.0. The van der Waals surface area contributed by atoms with Gasteiger partial charge in [0.2, 0.25) is 0 Å². The molecular weight excluding hydrogens is 234 g/mol. The average molecular weight is 252 g/mol. The van der Waals surface area contributed by atoms with E-state index in [9.17, 15) is 8.78 Å². The fourth-order valence-electron chi connectivity index (χ4n) is 2.88. The zero-order valence-electron chi connectivity index (χ0n) is 10.3. The Morgan fingerprint density at radius 2 is 1.72 bits per heavy atom. The summed E-state index contributed by atoms with van der Waals surface area (Å²) in [6, 6.07) is 4.11. The second kappa shape index (κ2) is 4.94. The van der Waals surface area contributed by atoms with E-state index < -0.39 is 11.6 Å². The molecule has 1 heterocycles. The first-order valence-electron chi connectivity index (χ1n) is 6.66. The van der Waals surface area contributed by atoms with Gasteiger partial charge in [0.05, 0.1) is 0 Å². The zero-order valence-corrected chi connectivity index (χ0v) is 10.3. The monoisotopic (exact) mass is 252 g/mol. The van der Waals surface area contributed by atoms with Gasteiger partial charge in [-0.15, -0.1) is 0 Å². The Bertz CT molecular complexity index is 406. The van der Waals surface area contributed by atoms with E-state index in [1.54, 1.807) is 0 Å². The molecule has 1 aromatic rings. The quantitative estimate of drug-likeness (QED) is 0.888. The Morgan fingerprint density at radius 1 is 1.11 bits per heavy atom. The van der Waals surface area contributed by atoms with Crippen LogP contribution in [0.5, 0.6) is 0 Å². The van der Waals surface area contributed by atoms with E-state index >= 15 is 0 Å². The minimum atomic E-state index is -0.398.